The van der Waals surface area contributed by atoms with E-state index in [2.05, 4.69) is 35.3 Å². The van der Waals surface area contributed by atoms with E-state index in [0.29, 0.717) is 6.04 Å². The Hall–Kier alpha value is -0.970. The number of benzene rings is 1. The summed E-state index contributed by atoms with van der Waals surface area (Å²) in [6, 6.07) is 4.23. The molecule has 0 aliphatic carbocycles. The Morgan fingerprint density at radius 3 is 2.62 bits per heavy atom. The van der Waals surface area contributed by atoms with E-state index in [1.54, 1.807) is 6.07 Å². The maximum absolute atomic E-state index is 14.4. The monoisotopic (exact) mass is 293 g/mol. The van der Waals surface area contributed by atoms with Gasteiger partial charge in [-0.25, -0.2) is 4.39 Å². The van der Waals surface area contributed by atoms with E-state index in [1.165, 1.54) is 0 Å². The predicted molar refractivity (Wildman–Crippen MR) is 86.2 cm³/mol. The minimum atomic E-state index is -0.0846. The summed E-state index contributed by atoms with van der Waals surface area (Å²) in [5.41, 5.74) is 2.85. The van der Waals surface area contributed by atoms with E-state index >= 15 is 0 Å². The van der Waals surface area contributed by atoms with Crippen molar-refractivity contribution in [1.82, 2.24) is 15.1 Å². The van der Waals surface area contributed by atoms with E-state index in [9.17, 15) is 4.39 Å². The van der Waals surface area contributed by atoms with E-state index in [0.717, 1.165) is 42.7 Å². The Morgan fingerprint density at radius 1 is 1.29 bits per heavy atom. The standard InChI is InChI=1S/C17H28FN3/c1-12-8-13(2)17(15(18)9-12)16(19-3)10-14-11-20(4)6-7-21(14)5/h8-9,14,16,19H,6-7,10-11H2,1-5H3. The molecule has 1 aromatic rings. The minimum Gasteiger partial charge on any atom is -0.313 e. The van der Waals surface area contributed by atoms with E-state index in [4.69, 9.17) is 0 Å². The fourth-order valence-corrected chi connectivity index (χ4v) is 3.38. The topological polar surface area (TPSA) is 18.5 Å². The van der Waals surface area contributed by atoms with Crippen LogP contribution in [0.15, 0.2) is 12.1 Å². The largest absolute Gasteiger partial charge is 0.313 e. The molecule has 1 saturated heterocycles. The summed E-state index contributed by atoms with van der Waals surface area (Å²) in [6.45, 7) is 7.17. The summed E-state index contributed by atoms with van der Waals surface area (Å²) < 4.78 is 14.4. The molecule has 1 heterocycles. The van der Waals surface area contributed by atoms with Crippen LogP contribution in [0.1, 0.15) is 29.2 Å². The van der Waals surface area contributed by atoms with Gasteiger partial charge in [-0.3, -0.25) is 0 Å². The van der Waals surface area contributed by atoms with Crippen molar-refractivity contribution in [2.75, 3.05) is 40.8 Å². The quantitative estimate of drug-likeness (QED) is 0.919. The zero-order valence-corrected chi connectivity index (χ0v) is 13.9. The van der Waals surface area contributed by atoms with Crippen molar-refractivity contribution >= 4 is 0 Å². The average molecular weight is 293 g/mol. The summed E-state index contributed by atoms with van der Waals surface area (Å²) in [5, 5.41) is 3.32. The lowest BCUT2D eigenvalue weighted by Crippen LogP contribution is -2.51. The molecule has 2 unspecified atom stereocenters. The van der Waals surface area contributed by atoms with Crippen LogP contribution in [0.4, 0.5) is 4.39 Å². The minimum absolute atomic E-state index is 0.0598. The fourth-order valence-electron chi connectivity index (χ4n) is 3.38. The van der Waals surface area contributed by atoms with Crippen LogP contribution >= 0.6 is 0 Å². The van der Waals surface area contributed by atoms with Gasteiger partial charge in [0.05, 0.1) is 0 Å². The highest BCUT2D eigenvalue weighted by molar-refractivity contribution is 5.34. The first-order valence-corrected chi connectivity index (χ1v) is 7.75. The van der Waals surface area contributed by atoms with Gasteiger partial charge in [0.25, 0.3) is 0 Å². The number of hydrogen-bond donors (Lipinski definition) is 1. The van der Waals surface area contributed by atoms with Crippen molar-refractivity contribution in [2.45, 2.75) is 32.4 Å². The molecule has 1 fully saturated rings. The number of aryl methyl sites for hydroxylation is 2. The highest BCUT2D eigenvalue weighted by Gasteiger charge is 2.27. The number of halogens is 1. The predicted octanol–water partition coefficient (Wildman–Crippen LogP) is 2.34. The Kier molecular flexibility index (Phi) is 5.36. The SMILES string of the molecule is CNC(CC1CN(C)CCN1C)c1c(C)cc(C)cc1F. The summed E-state index contributed by atoms with van der Waals surface area (Å²) in [5.74, 6) is -0.0846. The first kappa shape index (κ1) is 16.4. The highest BCUT2D eigenvalue weighted by Crippen LogP contribution is 2.28. The highest BCUT2D eigenvalue weighted by atomic mass is 19.1. The van der Waals surface area contributed by atoms with Gasteiger partial charge in [-0.15, -0.1) is 0 Å². The molecule has 1 aromatic carbocycles. The molecule has 0 saturated carbocycles. The molecule has 0 aromatic heterocycles. The number of nitrogens with zero attached hydrogens (tertiary/aromatic N) is 2. The lowest BCUT2D eigenvalue weighted by molar-refractivity contribution is 0.101. The lowest BCUT2D eigenvalue weighted by Gasteiger charge is -2.39. The molecule has 118 valence electrons. The van der Waals surface area contributed by atoms with Crippen LogP contribution in [0.3, 0.4) is 0 Å². The zero-order valence-electron chi connectivity index (χ0n) is 13.9. The molecule has 1 N–H and O–H groups in total. The number of hydrogen-bond acceptors (Lipinski definition) is 3. The number of nitrogens with one attached hydrogen (secondary N) is 1. The Morgan fingerprint density at radius 2 is 2.00 bits per heavy atom. The van der Waals surface area contributed by atoms with Crippen LogP contribution in [0.25, 0.3) is 0 Å². The van der Waals surface area contributed by atoms with Gasteiger partial charge in [0.1, 0.15) is 5.82 Å². The van der Waals surface area contributed by atoms with Crippen molar-refractivity contribution in [2.24, 2.45) is 0 Å². The summed E-state index contributed by atoms with van der Waals surface area (Å²) >= 11 is 0. The van der Waals surface area contributed by atoms with Gasteiger partial charge in [-0.1, -0.05) is 6.07 Å². The van der Waals surface area contributed by atoms with Crippen LogP contribution in [-0.4, -0.2) is 56.6 Å². The second-order valence-electron chi connectivity index (χ2n) is 6.45. The molecule has 2 rings (SSSR count). The van der Waals surface area contributed by atoms with Crippen molar-refractivity contribution in [3.05, 3.63) is 34.6 Å². The summed E-state index contributed by atoms with van der Waals surface area (Å²) in [7, 11) is 6.25. The maximum atomic E-state index is 14.4. The maximum Gasteiger partial charge on any atom is 0.128 e. The van der Waals surface area contributed by atoms with Crippen LogP contribution in [0.5, 0.6) is 0 Å². The summed E-state index contributed by atoms with van der Waals surface area (Å²) in [4.78, 5) is 4.75. The zero-order chi connectivity index (χ0) is 15.6. The third kappa shape index (κ3) is 3.82. The van der Waals surface area contributed by atoms with E-state index < -0.39 is 0 Å². The van der Waals surface area contributed by atoms with E-state index in [1.807, 2.05) is 20.9 Å². The Labute approximate surface area is 128 Å². The van der Waals surface area contributed by atoms with Crippen molar-refractivity contribution in [3.8, 4) is 0 Å². The first-order chi connectivity index (χ1) is 9.92. The number of piperazine rings is 1. The van der Waals surface area contributed by atoms with Gasteiger partial charge in [0.15, 0.2) is 0 Å². The first-order valence-electron chi connectivity index (χ1n) is 7.75. The van der Waals surface area contributed by atoms with Crippen LogP contribution in [-0.2, 0) is 0 Å². The third-order valence-corrected chi connectivity index (χ3v) is 4.67. The van der Waals surface area contributed by atoms with Gasteiger partial charge in [0.2, 0.25) is 0 Å². The molecule has 0 spiro atoms. The molecule has 1 aliphatic rings. The Bertz CT molecular complexity index is 466. The van der Waals surface area contributed by atoms with Crippen molar-refractivity contribution in [3.63, 3.8) is 0 Å². The smallest absolute Gasteiger partial charge is 0.128 e. The molecule has 1 aliphatic heterocycles. The number of likely N-dealkylation sites (N-methyl/N-ethyl adjacent to an activating group) is 2. The van der Waals surface area contributed by atoms with Crippen LogP contribution in [0.2, 0.25) is 0 Å². The number of rotatable bonds is 4. The van der Waals surface area contributed by atoms with Gasteiger partial charge < -0.3 is 15.1 Å². The normalized spacial score (nSPS) is 22.5. The summed E-state index contributed by atoms with van der Waals surface area (Å²) in [6.07, 6.45) is 0.929. The Balaban J connectivity index is 2.20. The molecule has 21 heavy (non-hydrogen) atoms. The molecule has 2 atom stereocenters. The third-order valence-electron chi connectivity index (χ3n) is 4.67. The van der Waals surface area contributed by atoms with Gasteiger partial charge >= 0.3 is 0 Å². The molecule has 4 heteroatoms. The van der Waals surface area contributed by atoms with Crippen LogP contribution < -0.4 is 5.32 Å². The second-order valence-corrected chi connectivity index (χ2v) is 6.45. The fraction of sp³-hybridized carbons (Fsp3) is 0.647. The van der Waals surface area contributed by atoms with E-state index in [-0.39, 0.29) is 11.9 Å². The molecule has 0 bridgehead atoms. The van der Waals surface area contributed by atoms with Crippen molar-refractivity contribution < 1.29 is 4.39 Å². The van der Waals surface area contributed by atoms with Crippen molar-refractivity contribution in [1.29, 1.82) is 0 Å². The lowest BCUT2D eigenvalue weighted by atomic mass is 9.92. The molecule has 3 nitrogen and oxygen atoms in total. The molecular weight excluding hydrogens is 265 g/mol. The molecule has 0 radical (unpaired) electrons. The van der Waals surface area contributed by atoms with Crippen LogP contribution in [0, 0.1) is 19.7 Å². The van der Waals surface area contributed by atoms with Gasteiger partial charge in [-0.05, 0) is 58.6 Å². The second kappa shape index (κ2) is 6.86. The molecular formula is C17H28FN3. The average Bonchev–Trinajstić information content (AvgIpc) is 2.40. The van der Waals surface area contributed by atoms with Gasteiger partial charge in [0, 0.05) is 37.3 Å². The van der Waals surface area contributed by atoms with Gasteiger partial charge in [-0.2, -0.15) is 0 Å². The molecule has 0 amide bonds.